The summed E-state index contributed by atoms with van der Waals surface area (Å²) in [5.74, 6) is -0.830. The van der Waals surface area contributed by atoms with E-state index in [9.17, 15) is 4.79 Å². The van der Waals surface area contributed by atoms with Crippen LogP contribution in [0.1, 0.15) is 90.4 Å². The summed E-state index contributed by atoms with van der Waals surface area (Å²) in [6, 6.07) is 0. The molecule has 3 nitrogen and oxygen atoms in total. The van der Waals surface area contributed by atoms with Crippen molar-refractivity contribution < 1.29 is 14.6 Å². The Morgan fingerprint density at radius 3 is 1.91 bits per heavy atom. The number of ether oxygens (including phenoxy) is 1. The van der Waals surface area contributed by atoms with Gasteiger partial charge >= 0.3 is 5.97 Å². The van der Waals surface area contributed by atoms with Crippen LogP contribution >= 0.6 is 0 Å². The molecule has 0 unspecified atom stereocenters. The van der Waals surface area contributed by atoms with E-state index in [0.29, 0.717) is 6.61 Å². The van der Waals surface area contributed by atoms with Gasteiger partial charge in [-0.25, -0.2) is 0 Å². The first-order valence-electron chi connectivity index (χ1n) is 9.46. The molecule has 0 aliphatic carbocycles. The lowest BCUT2D eigenvalue weighted by Gasteiger charge is -2.03. The number of carbonyl (C=O) groups is 1. The van der Waals surface area contributed by atoms with Gasteiger partial charge in [0.15, 0.2) is 0 Å². The molecule has 3 heteroatoms. The summed E-state index contributed by atoms with van der Waals surface area (Å²) >= 11 is 0. The Hall–Kier alpha value is -1.05. The molecule has 1 N–H and O–H groups in total. The van der Waals surface area contributed by atoms with Crippen LogP contribution in [0.5, 0.6) is 0 Å². The van der Waals surface area contributed by atoms with Gasteiger partial charge in [0.05, 0.1) is 13.0 Å². The molecule has 0 saturated carbocycles. The minimum atomic E-state index is -0.830. The summed E-state index contributed by atoms with van der Waals surface area (Å²) < 4.78 is 5.45. The maximum atomic E-state index is 10.3. The SMILES string of the molecule is CCCCCCCCCCCCCCOCC=C=CCC(=O)O. The Kier molecular flexibility index (Phi) is 18.1. The van der Waals surface area contributed by atoms with Gasteiger partial charge < -0.3 is 9.84 Å². The highest BCUT2D eigenvalue weighted by Gasteiger charge is 1.93. The molecule has 0 aromatic heterocycles. The third-order valence-electron chi connectivity index (χ3n) is 3.86. The number of carboxylic acids is 1. The molecule has 0 radical (unpaired) electrons. The van der Waals surface area contributed by atoms with E-state index in [1.165, 1.54) is 76.7 Å². The maximum Gasteiger partial charge on any atom is 0.307 e. The molecule has 0 heterocycles. The lowest BCUT2D eigenvalue weighted by Crippen LogP contribution is -1.94. The summed E-state index contributed by atoms with van der Waals surface area (Å²) in [6.07, 6.45) is 19.5. The van der Waals surface area contributed by atoms with Gasteiger partial charge in [-0.3, -0.25) is 4.79 Å². The standard InChI is InChI=1S/C20H36O3/c1-2-3-4-5-6-7-8-9-10-11-12-15-18-23-19-16-13-14-17-20(21)22/h14,16H,2-12,15,17-19H2,1H3,(H,21,22). The van der Waals surface area contributed by atoms with Crippen molar-refractivity contribution in [2.45, 2.75) is 90.4 Å². The second-order valence-corrected chi connectivity index (χ2v) is 6.14. The normalized spacial score (nSPS) is 10.3. The number of carboxylic acid groups (broad SMARTS) is 1. The summed E-state index contributed by atoms with van der Waals surface area (Å²) in [6.45, 7) is 3.57. The van der Waals surface area contributed by atoms with E-state index in [2.05, 4.69) is 12.7 Å². The molecule has 0 spiro atoms. The van der Waals surface area contributed by atoms with E-state index >= 15 is 0 Å². The van der Waals surface area contributed by atoms with Crippen molar-refractivity contribution >= 4 is 5.97 Å². The van der Waals surface area contributed by atoms with E-state index in [0.717, 1.165) is 13.0 Å². The third-order valence-corrected chi connectivity index (χ3v) is 3.86. The average molecular weight is 325 g/mol. The zero-order valence-corrected chi connectivity index (χ0v) is 15.0. The topological polar surface area (TPSA) is 46.5 Å². The molecule has 0 aromatic rings. The second kappa shape index (κ2) is 19.0. The Labute approximate surface area is 142 Å². The summed E-state index contributed by atoms with van der Waals surface area (Å²) in [5, 5.41) is 8.43. The van der Waals surface area contributed by atoms with Gasteiger partial charge in [0.1, 0.15) is 0 Å². The van der Waals surface area contributed by atoms with Gasteiger partial charge in [-0.05, 0) is 18.6 Å². The molecule has 0 amide bonds. The van der Waals surface area contributed by atoms with Crippen LogP contribution in [0.3, 0.4) is 0 Å². The zero-order valence-electron chi connectivity index (χ0n) is 15.0. The number of unbranched alkanes of at least 4 members (excludes halogenated alkanes) is 11. The number of hydrogen-bond acceptors (Lipinski definition) is 2. The fourth-order valence-corrected chi connectivity index (χ4v) is 2.47. The number of aliphatic carboxylic acids is 1. The predicted molar refractivity (Wildman–Crippen MR) is 96.8 cm³/mol. The summed E-state index contributed by atoms with van der Waals surface area (Å²) in [4.78, 5) is 10.3. The molecule has 0 bridgehead atoms. The van der Waals surface area contributed by atoms with Gasteiger partial charge in [-0.15, -0.1) is 5.73 Å². The molecule has 0 atom stereocenters. The van der Waals surface area contributed by atoms with Crippen molar-refractivity contribution in [2.24, 2.45) is 0 Å². The lowest BCUT2D eigenvalue weighted by molar-refractivity contribution is -0.135. The largest absolute Gasteiger partial charge is 0.481 e. The molecule has 134 valence electrons. The Morgan fingerprint density at radius 2 is 1.39 bits per heavy atom. The van der Waals surface area contributed by atoms with Crippen LogP contribution in [0, 0.1) is 0 Å². The van der Waals surface area contributed by atoms with Gasteiger partial charge in [0.25, 0.3) is 0 Å². The van der Waals surface area contributed by atoms with E-state index < -0.39 is 5.97 Å². The van der Waals surface area contributed by atoms with Crippen LogP contribution in [0.15, 0.2) is 17.9 Å². The van der Waals surface area contributed by atoms with Crippen molar-refractivity contribution in [1.82, 2.24) is 0 Å². The quantitative estimate of drug-likeness (QED) is 0.268. The summed E-state index contributed by atoms with van der Waals surface area (Å²) in [7, 11) is 0. The van der Waals surface area contributed by atoms with Crippen LogP contribution in [0.25, 0.3) is 0 Å². The number of hydrogen-bond donors (Lipinski definition) is 1. The van der Waals surface area contributed by atoms with Crippen LogP contribution in [-0.2, 0) is 9.53 Å². The monoisotopic (exact) mass is 324 g/mol. The molecule has 0 aliphatic rings. The molecule has 0 rings (SSSR count). The molecule has 0 aliphatic heterocycles. The first-order chi connectivity index (χ1) is 11.3. The molecule has 0 aromatic carbocycles. The van der Waals surface area contributed by atoms with Crippen LogP contribution < -0.4 is 0 Å². The molecule has 23 heavy (non-hydrogen) atoms. The first-order valence-corrected chi connectivity index (χ1v) is 9.46. The highest BCUT2D eigenvalue weighted by molar-refractivity contribution is 5.68. The third kappa shape index (κ3) is 21.0. The van der Waals surface area contributed by atoms with E-state index in [1.54, 1.807) is 6.08 Å². The molecule has 0 saturated heterocycles. The van der Waals surface area contributed by atoms with Crippen molar-refractivity contribution in [3.63, 3.8) is 0 Å². The van der Waals surface area contributed by atoms with Gasteiger partial charge in [-0.1, -0.05) is 77.6 Å². The van der Waals surface area contributed by atoms with Crippen molar-refractivity contribution in [1.29, 1.82) is 0 Å². The van der Waals surface area contributed by atoms with Gasteiger partial charge in [-0.2, -0.15) is 0 Å². The highest BCUT2D eigenvalue weighted by atomic mass is 16.5. The first kappa shape index (κ1) is 21.9. The highest BCUT2D eigenvalue weighted by Crippen LogP contribution is 2.11. The summed E-state index contributed by atoms with van der Waals surface area (Å²) in [5.41, 5.74) is 2.81. The van der Waals surface area contributed by atoms with E-state index in [1.807, 2.05) is 0 Å². The molecular weight excluding hydrogens is 288 g/mol. The van der Waals surface area contributed by atoms with Crippen molar-refractivity contribution in [2.75, 3.05) is 13.2 Å². The van der Waals surface area contributed by atoms with E-state index in [4.69, 9.17) is 9.84 Å². The Balaban J connectivity index is 3.10. The van der Waals surface area contributed by atoms with Crippen LogP contribution in [0.2, 0.25) is 0 Å². The van der Waals surface area contributed by atoms with Crippen molar-refractivity contribution in [3.05, 3.63) is 17.9 Å². The number of rotatable bonds is 17. The fraction of sp³-hybridized carbons (Fsp3) is 0.800. The zero-order chi connectivity index (χ0) is 17.0. The predicted octanol–water partition coefficient (Wildman–Crippen LogP) is 5.89. The second-order valence-electron chi connectivity index (χ2n) is 6.14. The average Bonchev–Trinajstić information content (AvgIpc) is 2.53. The van der Waals surface area contributed by atoms with E-state index in [-0.39, 0.29) is 6.42 Å². The molecular formula is C20H36O3. The smallest absolute Gasteiger partial charge is 0.307 e. The van der Waals surface area contributed by atoms with Crippen molar-refractivity contribution in [3.8, 4) is 0 Å². The van der Waals surface area contributed by atoms with Gasteiger partial charge in [0, 0.05) is 6.61 Å². The minimum Gasteiger partial charge on any atom is -0.481 e. The minimum absolute atomic E-state index is 0.0231. The maximum absolute atomic E-state index is 10.3. The lowest BCUT2D eigenvalue weighted by atomic mass is 10.1. The Morgan fingerprint density at radius 1 is 0.870 bits per heavy atom. The van der Waals surface area contributed by atoms with Crippen LogP contribution in [-0.4, -0.2) is 24.3 Å². The fourth-order valence-electron chi connectivity index (χ4n) is 2.47. The molecule has 0 fully saturated rings. The Bertz CT molecular complexity index is 317. The van der Waals surface area contributed by atoms with Crippen LogP contribution in [0.4, 0.5) is 0 Å². The van der Waals surface area contributed by atoms with Gasteiger partial charge in [0.2, 0.25) is 0 Å².